The fourth-order valence-electron chi connectivity index (χ4n) is 4.08. The number of ketones is 1. The van der Waals surface area contributed by atoms with Crippen LogP contribution in [0.2, 0.25) is 0 Å². The number of Topliss-reactive ketones (excluding diaryl/α,β-unsaturated/α-hetero) is 1. The number of carbonyl (C=O) groups is 2. The molecule has 0 saturated carbocycles. The predicted octanol–water partition coefficient (Wildman–Crippen LogP) is 3.94. The minimum absolute atomic E-state index is 0.0171. The van der Waals surface area contributed by atoms with E-state index in [4.69, 9.17) is 4.74 Å². The summed E-state index contributed by atoms with van der Waals surface area (Å²) in [5, 5.41) is 11.2. The molecule has 1 aromatic heterocycles. The van der Waals surface area contributed by atoms with E-state index in [0.29, 0.717) is 30.1 Å². The molecule has 1 saturated heterocycles. The molecular weight excluding hydrogens is 418 g/mol. The van der Waals surface area contributed by atoms with Crippen molar-refractivity contribution in [1.82, 2.24) is 14.8 Å². The van der Waals surface area contributed by atoms with Crippen LogP contribution in [0.5, 0.6) is 5.75 Å². The molecule has 3 rings (SSSR count). The van der Waals surface area contributed by atoms with Crippen LogP contribution in [0.1, 0.15) is 50.6 Å². The first-order valence-electron chi connectivity index (χ1n) is 11.5. The molecule has 0 radical (unpaired) electrons. The van der Waals surface area contributed by atoms with Crippen molar-refractivity contribution in [2.75, 3.05) is 26.2 Å². The predicted molar refractivity (Wildman–Crippen MR) is 128 cm³/mol. The maximum absolute atomic E-state index is 13.1. The molecule has 1 amide bonds. The van der Waals surface area contributed by atoms with Gasteiger partial charge >= 0.3 is 0 Å². The number of aliphatic hydroxyl groups is 1. The van der Waals surface area contributed by atoms with Crippen molar-refractivity contribution >= 4 is 17.4 Å². The molecule has 33 heavy (non-hydrogen) atoms. The number of likely N-dealkylation sites (N-methyl/N-ethyl adjacent to an activating group) is 1. The van der Waals surface area contributed by atoms with Crippen LogP contribution in [0, 0.1) is 6.92 Å². The van der Waals surface area contributed by atoms with E-state index in [0.717, 1.165) is 18.7 Å². The first-order valence-corrected chi connectivity index (χ1v) is 11.5. The van der Waals surface area contributed by atoms with Crippen molar-refractivity contribution in [3.63, 3.8) is 0 Å². The van der Waals surface area contributed by atoms with E-state index in [2.05, 4.69) is 23.7 Å². The first-order chi connectivity index (χ1) is 15.8. The lowest BCUT2D eigenvalue weighted by molar-refractivity contribution is -0.140. The lowest BCUT2D eigenvalue weighted by atomic mass is 9.97. The summed E-state index contributed by atoms with van der Waals surface area (Å²) < 4.78 is 5.78. The Bertz CT molecular complexity index is 1030. The molecule has 0 spiro atoms. The van der Waals surface area contributed by atoms with Crippen LogP contribution in [0.4, 0.5) is 0 Å². The average Bonchev–Trinajstić information content (AvgIpc) is 3.06. The Balaban J connectivity index is 2.06. The van der Waals surface area contributed by atoms with Crippen molar-refractivity contribution in [2.45, 2.75) is 46.8 Å². The lowest BCUT2D eigenvalue weighted by Crippen LogP contribution is -2.38. The zero-order valence-electron chi connectivity index (χ0n) is 20.0. The van der Waals surface area contributed by atoms with Crippen LogP contribution in [-0.4, -0.2) is 63.9 Å². The number of aliphatic hydroxyl groups excluding tert-OH is 1. The molecule has 1 aromatic carbocycles. The van der Waals surface area contributed by atoms with Gasteiger partial charge in [-0.25, -0.2) is 0 Å². The number of likely N-dealkylation sites (tertiary alicyclic amines) is 1. The van der Waals surface area contributed by atoms with E-state index in [1.807, 2.05) is 26.8 Å². The molecule has 7 heteroatoms. The maximum atomic E-state index is 13.1. The number of aromatic nitrogens is 1. The number of amides is 1. The van der Waals surface area contributed by atoms with Crippen LogP contribution in [-0.2, 0) is 9.59 Å². The van der Waals surface area contributed by atoms with E-state index in [9.17, 15) is 14.7 Å². The Hall–Kier alpha value is -3.19. The standard InChI is InChI=1S/C26H33N3O4/c1-6-28(7-2)14-15-29-23(20-10-8-9-13-27-20)22(25(31)26(29)32)24(30)19-11-12-21(18(5)16-19)33-17(3)4/h8-13,16-17,23,30H,6-7,14-15H2,1-5H3/b24-22-. The molecule has 1 aliphatic heterocycles. The number of pyridine rings is 1. The molecule has 176 valence electrons. The molecule has 2 aromatic rings. The van der Waals surface area contributed by atoms with Gasteiger partial charge in [0.25, 0.3) is 11.7 Å². The van der Waals surface area contributed by atoms with Crippen LogP contribution in [0.3, 0.4) is 0 Å². The third-order valence-electron chi connectivity index (χ3n) is 5.87. The average molecular weight is 452 g/mol. The second kappa shape index (κ2) is 10.6. The Morgan fingerprint density at radius 1 is 1.18 bits per heavy atom. The van der Waals surface area contributed by atoms with Crippen molar-refractivity contribution < 1.29 is 19.4 Å². The van der Waals surface area contributed by atoms with Crippen molar-refractivity contribution in [1.29, 1.82) is 0 Å². The lowest BCUT2D eigenvalue weighted by Gasteiger charge is -2.27. The summed E-state index contributed by atoms with van der Waals surface area (Å²) in [4.78, 5) is 34.3. The highest BCUT2D eigenvalue weighted by atomic mass is 16.5. The molecule has 7 nitrogen and oxygen atoms in total. The Morgan fingerprint density at radius 3 is 2.48 bits per heavy atom. The fourth-order valence-corrected chi connectivity index (χ4v) is 4.08. The molecule has 0 aliphatic carbocycles. The molecule has 1 unspecified atom stereocenters. The van der Waals surface area contributed by atoms with E-state index in [-0.39, 0.29) is 17.4 Å². The molecule has 1 fully saturated rings. The van der Waals surface area contributed by atoms with Crippen LogP contribution in [0.25, 0.3) is 5.76 Å². The van der Waals surface area contributed by atoms with E-state index in [1.54, 1.807) is 36.5 Å². The van der Waals surface area contributed by atoms with Gasteiger partial charge in [-0.15, -0.1) is 0 Å². The second-order valence-corrected chi connectivity index (χ2v) is 8.42. The van der Waals surface area contributed by atoms with Crippen LogP contribution in [0.15, 0.2) is 48.2 Å². The molecule has 0 bridgehead atoms. The summed E-state index contributed by atoms with van der Waals surface area (Å²) in [5.74, 6) is -0.797. The molecule has 1 aliphatic rings. The summed E-state index contributed by atoms with van der Waals surface area (Å²) >= 11 is 0. The number of carbonyl (C=O) groups excluding carboxylic acids is 2. The highest BCUT2D eigenvalue weighted by Gasteiger charge is 2.46. The number of aryl methyl sites for hydroxylation is 1. The monoisotopic (exact) mass is 451 g/mol. The van der Waals surface area contributed by atoms with Gasteiger partial charge in [0.15, 0.2) is 0 Å². The van der Waals surface area contributed by atoms with E-state index >= 15 is 0 Å². The third-order valence-corrected chi connectivity index (χ3v) is 5.87. The summed E-state index contributed by atoms with van der Waals surface area (Å²) in [5.41, 5.74) is 1.91. The summed E-state index contributed by atoms with van der Waals surface area (Å²) in [6.07, 6.45) is 1.64. The van der Waals surface area contributed by atoms with Gasteiger partial charge in [-0.2, -0.15) is 0 Å². The van der Waals surface area contributed by atoms with E-state index in [1.165, 1.54) is 4.90 Å². The van der Waals surface area contributed by atoms with Crippen LogP contribution < -0.4 is 4.74 Å². The number of nitrogens with zero attached hydrogens (tertiary/aromatic N) is 3. The third kappa shape index (κ3) is 5.25. The van der Waals surface area contributed by atoms with Gasteiger partial charge in [0, 0.05) is 24.8 Å². The van der Waals surface area contributed by atoms with Gasteiger partial charge in [0.1, 0.15) is 17.6 Å². The topological polar surface area (TPSA) is 83.0 Å². The highest BCUT2D eigenvalue weighted by molar-refractivity contribution is 6.46. The highest BCUT2D eigenvalue weighted by Crippen LogP contribution is 2.39. The number of hydrogen-bond acceptors (Lipinski definition) is 6. The number of ether oxygens (including phenoxy) is 1. The minimum atomic E-state index is -0.742. The molecule has 1 atom stereocenters. The second-order valence-electron chi connectivity index (χ2n) is 8.42. The largest absolute Gasteiger partial charge is 0.507 e. The van der Waals surface area contributed by atoms with Gasteiger partial charge in [0.2, 0.25) is 0 Å². The molecular formula is C26H33N3O4. The van der Waals surface area contributed by atoms with Crippen LogP contribution >= 0.6 is 0 Å². The number of rotatable bonds is 9. The van der Waals surface area contributed by atoms with E-state index < -0.39 is 17.7 Å². The Morgan fingerprint density at radius 2 is 1.91 bits per heavy atom. The first kappa shape index (κ1) is 24.5. The Labute approximate surface area is 195 Å². The van der Waals surface area contributed by atoms with Crippen molar-refractivity contribution in [2.24, 2.45) is 0 Å². The fraction of sp³-hybridized carbons (Fsp3) is 0.423. The zero-order chi connectivity index (χ0) is 24.1. The normalized spacial score (nSPS) is 17.9. The molecule has 2 heterocycles. The summed E-state index contributed by atoms with van der Waals surface area (Å²) in [6, 6.07) is 9.88. The van der Waals surface area contributed by atoms with Crippen molar-refractivity contribution in [3.05, 3.63) is 65.0 Å². The number of benzene rings is 1. The van der Waals surface area contributed by atoms with Crippen molar-refractivity contribution in [3.8, 4) is 5.75 Å². The minimum Gasteiger partial charge on any atom is -0.507 e. The Kier molecular flexibility index (Phi) is 7.87. The maximum Gasteiger partial charge on any atom is 0.295 e. The molecule has 1 N–H and O–H groups in total. The zero-order valence-corrected chi connectivity index (χ0v) is 20.0. The van der Waals surface area contributed by atoms with Gasteiger partial charge in [-0.3, -0.25) is 14.6 Å². The van der Waals surface area contributed by atoms with Gasteiger partial charge in [-0.1, -0.05) is 19.9 Å². The summed E-state index contributed by atoms with van der Waals surface area (Å²) in [6.45, 7) is 12.6. The SMILES string of the molecule is CCN(CC)CCN1C(=O)C(=O)/C(=C(\O)c2ccc(OC(C)C)c(C)c2)C1c1ccccn1. The van der Waals surface area contributed by atoms with Gasteiger partial charge in [0.05, 0.1) is 17.4 Å². The van der Waals surface area contributed by atoms with Gasteiger partial charge < -0.3 is 19.6 Å². The summed E-state index contributed by atoms with van der Waals surface area (Å²) in [7, 11) is 0. The number of hydrogen-bond donors (Lipinski definition) is 1. The quantitative estimate of drug-likeness (QED) is 0.353. The van der Waals surface area contributed by atoms with Gasteiger partial charge in [-0.05, 0) is 69.8 Å². The smallest absolute Gasteiger partial charge is 0.295 e.